The van der Waals surface area contributed by atoms with Gasteiger partial charge < -0.3 is 9.84 Å². The molecule has 0 saturated heterocycles. The fourth-order valence-electron chi connectivity index (χ4n) is 2.49. The fourth-order valence-corrected chi connectivity index (χ4v) is 3.65. The first kappa shape index (κ1) is 14.8. The zero-order chi connectivity index (χ0) is 14.8. The molecule has 0 aromatic heterocycles. The van der Waals surface area contributed by atoms with E-state index in [1.807, 2.05) is 0 Å². The van der Waals surface area contributed by atoms with E-state index in [0.717, 1.165) is 12.8 Å². The van der Waals surface area contributed by atoms with Crippen LogP contribution in [0, 0.1) is 0 Å². The average molecular weight is 298 g/mol. The Morgan fingerprint density at radius 3 is 2.75 bits per heavy atom. The van der Waals surface area contributed by atoms with Crippen LogP contribution in [0.2, 0.25) is 0 Å². The lowest BCUT2D eigenvalue weighted by molar-refractivity contribution is 0.0695. The van der Waals surface area contributed by atoms with Gasteiger partial charge in [-0.15, -0.1) is 0 Å². The van der Waals surface area contributed by atoms with Gasteiger partial charge in [0.25, 0.3) is 0 Å². The summed E-state index contributed by atoms with van der Waals surface area (Å²) >= 11 is 0. The molecule has 2 atom stereocenters. The highest BCUT2D eigenvalue weighted by atomic mass is 32.2. The number of carboxylic acids is 1. The van der Waals surface area contributed by atoms with E-state index in [1.165, 1.54) is 18.4 Å². The molecule has 1 N–H and O–H groups in total. The molecule has 0 radical (unpaired) electrons. The molecule has 1 aliphatic carbocycles. The van der Waals surface area contributed by atoms with Gasteiger partial charge in [-0.05, 0) is 37.5 Å². The van der Waals surface area contributed by atoms with Gasteiger partial charge in [0, 0.05) is 12.7 Å². The molecular weight excluding hydrogens is 280 g/mol. The Hall–Kier alpha value is -1.56. The number of hydrogen-bond donors (Lipinski definition) is 1. The number of aromatic carboxylic acids is 1. The molecule has 110 valence electrons. The summed E-state index contributed by atoms with van der Waals surface area (Å²) in [4.78, 5) is 10.9. The van der Waals surface area contributed by atoms with Crippen LogP contribution in [0.5, 0.6) is 5.75 Å². The van der Waals surface area contributed by atoms with E-state index in [9.17, 15) is 13.2 Å². The van der Waals surface area contributed by atoms with Gasteiger partial charge in [0.1, 0.15) is 15.6 Å². The maximum absolute atomic E-state index is 11.6. The van der Waals surface area contributed by atoms with Gasteiger partial charge in [0.15, 0.2) is 0 Å². The smallest absolute Gasteiger partial charge is 0.335 e. The lowest BCUT2D eigenvalue weighted by atomic mass is 9.97. The third kappa shape index (κ3) is 3.72. The van der Waals surface area contributed by atoms with E-state index >= 15 is 0 Å². The number of carbonyl (C=O) groups is 1. The molecule has 1 aromatic rings. The van der Waals surface area contributed by atoms with Crippen molar-refractivity contribution in [2.45, 2.75) is 37.0 Å². The van der Waals surface area contributed by atoms with Gasteiger partial charge in [0.2, 0.25) is 0 Å². The van der Waals surface area contributed by atoms with E-state index in [-0.39, 0.29) is 16.9 Å². The summed E-state index contributed by atoms with van der Waals surface area (Å²) in [5, 5.41) is 8.57. The summed E-state index contributed by atoms with van der Waals surface area (Å²) in [6.45, 7) is 0. The topological polar surface area (TPSA) is 80.7 Å². The maximum Gasteiger partial charge on any atom is 0.335 e. The van der Waals surface area contributed by atoms with Crippen LogP contribution in [0.3, 0.4) is 0 Å². The Bertz CT molecular complexity index is 593. The molecule has 5 nitrogen and oxygen atoms in total. The zero-order valence-electron chi connectivity index (χ0n) is 11.3. The molecule has 0 bridgehead atoms. The Kier molecular flexibility index (Phi) is 4.32. The van der Waals surface area contributed by atoms with Crippen molar-refractivity contribution in [2.24, 2.45) is 0 Å². The van der Waals surface area contributed by atoms with E-state index in [1.54, 1.807) is 12.1 Å². The molecule has 1 aliphatic rings. The minimum atomic E-state index is -3.05. The Morgan fingerprint density at radius 2 is 2.10 bits per heavy atom. The first-order chi connectivity index (χ1) is 9.36. The van der Waals surface area contributed by atoms with Crippen molar-refractivity contribution in [3.63, 3.8) is 0 Å². The number of carboxylic acid groups (broad SMARTS) is 1. The quantitative estimate of drug-likeness (QED) is 0.921. The molecule has 1 aromatic carbocycles. The molecule has 0 spiro atoms. The lowest BCUT2D eigenvalue weighted by Gasteiger charge is -2.28. The lowest BCUT2D eigenvalue weighted by Crippen LogP contribution is -2.33. The summed E-state index contributed by atoms with van der Waals surface area (Å²) in [7, 11) is -3.05. The van der Waals surface area contributed by atoms with Crippen LogP contribution in [-0.2, 0) is 9.84 Å². The molecule has 1 saturated carbocycles. The van der Waals surface area contributed by atoms with E-state index < -0.39 is 15.8 Å². The van der Waals surface area contributed by atoms with Crippen molar-refractivity contribution in [3.05, 3.63) is 29.8 Å². The number of benzene rings is 1. The highest BCUT2D eigenvalue weighted by Gasteiger charge is 2.29. The van der Waals surface area contributed by atoms with Crippen molar-refractivity contribution in [1.29, 1.82) is 0 Å². The molecule has 2 rings (SSSR count). The molecule has 2 unspecified atom stereocenters. The molecule has 6 heteroatoms. The molecule has 20 heavy (non-hydrogen) atoms. The number of sulfone groups is 1. The fraction of sp³-hybridized carbons (Fsp3) is 0.500. The monoisotopic (exact) mass is 298 g/mol. The van der Waals surface area contributed by atoms with Gasteiger partial charge in [0.05, 0.1) is 16.9 Å². The summed E-state index contributed by atoms with van der Waals surface area (Å²) in [6, 6.07) is 6.27. The van der Waals surface area contributed by atoms with Gasteiger partial charge in [-0.3, -0.25) is 0 Å². The van der Waals surface area contributed by atoms with Gasteiger partial charge in [-0.2, -0.15) is 0 Å². The van der Waals surface area contributed by atoms with Gasteiger partial charge in [-0.1, -0.05) is 6.07 Å². The van der Waals surface area contributed by atoms with Crippen LogP contribution in [0.1, 0.15) is 36.0 Å². The van der Waals surface area contributed by atoms with Crippen LogP contribution in [-0.4, -0.2) is 37.1 Å². The van der Waals surface area contributed by atoms with E-state index in [4.69, 9.17) is 9.84 Å². The van der Waals surface area contributed by atoms with Crippen LogP contribution in [0.15, 0.2) is 24.3 Å². The highest BCUT2D eigenvalue weighted by molar-refractivity contribution is 7.91. The SMILES string of the molecule is CS(=O)(=O)C1CCCC(Oc2cccc(C(=O)O)c2)C1. The van der Waals surface area contributed by atoms with Gasteiger partial charge >= 0.3 is 5.97 Å². The van der Waals surface area contributed by atoms with Crippen molar-refractivity contribution in [3.8, 4) is 5.75 Å². The second-order valence-corrected chi connectivity index (χ2v) is 7.52. The second kappa shape index (κ2) is 5.83. The summed E-state index contributed by atoms with van der Waals surface area (Å²) in [5.74, 6) is -0.530. The predicted octanol–water partition coefficient (Wildman–Crippen LogP) is 2.12. The predicted molar refractivity (Wildman–Crippen MR) is 74.9 cm³/mol. The van der Waals surface area contributed by atoms with Crippen LogP contribution in [0.25, 0.3) is 0 Å². The van der Waals surface area contributed by atoms with Crippen LogP contribution < -0.4 is 4.74 Å². The Morgan fingerprint density at radius 1 is 1.35 bits per heavy atom. The average Bonchev–Trinajstić information content (AvgIpc) is 2.38. The first-order valence-corrected chi connectivity index (χ1v) is 8.50. The number of rotatable bonds is 4. The molecule has 0 aliphatic heterocycles. The maximum atomic E-state index is 11.6. The zero-order valence-corrected chi connectivity index (χ0v) is 12.1. The molecular formula is C14H18O5S. The largest absolute Gasteiger partial charge is 0.490 e. The van der Waals surface area contributed by atoms with Crippen molar-refractivity contribution in [2.75, 3.05) is 6.26 Å². The first-order valence-electron chi connectivity index (χ1n) is 6.55. The second-order valence-electron chi connectivity index (χ2n) is 5.19. The normalized spacial score (nSPS) is 23.2. The minimum Gasteiger partial charge on any atom is -0.490 e. The third-order valence-corrected chi connectivity index (χ3v) is 5.21. The van der Waals surface area contributed by atoms with E-state index in [2.05, 4.69) is 0 Å². The molecule has 1 fully saturated rings. The summed E-state index contributed by atoms with van der Waals surface area (Å²) in [5.41, 5.74) is 0.165. The van der Waals surface area contributed by atoms with Crippen molar-refractivity contribution >= 4 is 15.8 Å². The third-order valence-electron chi connectivity index (χ3n) is 3.57. The standard InChI is InChI=1S/C14H18O5S/c1-20(17,18)13-7-3-6-12(9-13)19-11-5-2-4-10(8-11)14(15)16/h2,4-5,8,12-13H,3,6-7,9H2,1H3,(H,15,16). The van der Waals surface area contributed by atoms with E-state index in [0.29, 0.717) is 18.6 Å². The van der Waals surface area contributed by atoms with Crippen molar-refractivity contribution < 1.29 is 23.1 Å². The summed E-state index contributed by atoms with van der Waals surface area (Å²) in [6.07, 6.45) is 3.83. The van der Waals surface area contributed by atoms with Crippen LogP contribution >= 0.6 is 0 Å². The Labute approximate surface area is 118 Å². The summed E-state index contributed by atoms with van der Waals surface area (Å²) < 4.78 is 28.9. The van der Waals surface area contributed by atoms with Crippen molar-refractivity contribution in [1.82, 2.24) is 0 Å². The number of hydrogen-bond acceptors (Lipinski definition) is 4. The van der Waals surface area contributed by atoms with Crippen LogP contribution in [0.4, 0.5) is 0 Å². The molecule has 0 amide bonds. The molecule has 0 heterocycles. The number of ether oxygens (including phenoxy) is 1. The highest BCUT2D eigenvalue weighted by Crippen LogP contribution is 2.27. The minimum absolute atomic E-state index is 0.165. The Balaban J connectivity index is 2.06. The van der Waals surface area contributed by atoms with Gasteiger partial charge in [-0.25, -0.2) is 13.2 Å².